The van der Waals surface area contributed by atoms with Crippen LogP contribution in [-0.2, 0) is 0 Å². The summed E-state index contributed by atoms with van der Waals surface area (Å²) in [5.74, 6) is 0. The molecule has 0 amide bonds. The van der Waals surface area contributed by atoms with Crippen molar-refractivity contribution < 1.29 is 0 Å². The molecule has 0 radical (unpaired) electrons. The maximum atomic E-state index is 3.52. The van der Waals surface area contributed by atoms with E-state index in [1.54, 1.807) is 0 Å². The Morgan fingerprint density at radius 2 is 1.78 bits per heavy atom. The van der Waals surface area contributed by atoms with Gasteiger partial charge in [0.2, 0.25) is 0 Å². The number of rotatable bonds is 3. The molecule has 0 bridgehead atoms. The largest absolute Gasteiger partial charge is 0.344 e. The van der Waals surface area contributed by atoms with Crippen LogP contribution in [0.4, 0.5) is 11.4 Å². The van der Waals surface area contributed by atoms with Crippen LogP contribution >= 0.6 is 15.9 Å². The van der Waals surface area contributed by atoms with E-state index in [1.807, 2.05) is 13.0 Å². The number of halogens is 1. The fourth-order valence-corrected chi connectivity index (χ4v) is 2.31. The maximum absolute atomic E-state index is 3.52. The lowest BCUT2D eigenvalue weighted by molar-refractivity contribution is 1.20. The van der Waals surface area contributed by atoms with Crippen molar-refractivity contribution in [1.29, 1.82) is 0 Å². The molecule has 0 atom stereocenters. The average molecular weight is 302 g/mol. The number of nitrogens with zero attached hydrogens (tertiary/aromatic N) is 1. The van der Waals surface area contributed by atoms with Gasteiger partial charge in [0.15, 0.2) is 0 Å². The van der Waals surface area contributed by atoms with Crippen LogP contribution in [0.3, 0.4) is 0 Å². The Labute approximate surface area is 117 Å². The second kappa shape index (κ2) is 5.87. The predicted octanol–water partition coefficient (Wildman–Crippen LogP) is 5.25. The van der Waals surface area contributed by atoms with Gasteiger partial charge in [0.1, 0.15) is 0 Å². The quantitative estimate of drug-likeness (QED) is 0.748. The molecule has 2 rings (SSSR count). The molecule has 0 saturated heterocycles. The molecule has 0 aliphatic carbocycles. The minimum Gasteiger partial charge on any atom is -0.344 e. The summed E-state index contributed by atoms with van der Waals surface area (Å²) in [7, 11) is 2.09. The Kier molecular flexibility index (Phi) is 4.21. The molecule has 0 fully saturated rings. The first-order chi connectivity index (χ1) is 8.72. The van der Waals surface area contributed by atoms with Crippen LogP contribution in [0, 0.1) is 0 Å². The summed E-state index contributed by atoms with van der Waals surface area (Å²) >= 11 is 3.52. The van der Waals surface area contributed by atoms with E-state index in [9.17, 15) is 0 Å². The molecule has 92 valence electrons. The number of hydrogen-bond acceptors (Lipinski definition) is 1. The minimum absolute atomic E-state index is 1.10. The van der Waals surface area contributed by atoms with Crippen molar-refractivity contribution in [3.63, 3.8) is 0 Å². The first-order valence-electron chi connectivity index (χ1n) is 5.93. The van der Waals surface area contributed by atoms with Gasteiger partial charge in [-0.15, -0.1) is 0 Å². The van der Waals surface area contributed by atoms with Crippen LogP contribution in [-0.4, -0.2) is 7.05 Å². The SMILES string of the molecule is C/C=C/c1cc(Br)ccc1N(C)c1ccccc1. The summed E-state index contributed by atoms with van der Waals surface area (Å²) < 4.78 is 1.10. The third-order valence-electron chi connectivity index (χ3n) is 2.84. The van der Waals surface area contributed by atoms with Crippen LogP contribution in [0.15, 0.2) is 59.1 Å². The van der Waals surface area contributed by atoms with Crippen molar-refractivity contribution in [2.45, 2.75) is 6.92 Å². The van der Waals surface area contributed by atoms with Crippen molar-refractivity contribution in [1.82, 2.24) is 0 Å². The van der Waals surface area contributed by atoms with Crippen LogP contribution in [0.5, 0.6) is 0 Å². The van der Waals surface area contributed by atoms with E-state index in [0.717, 1.165) is 4.47 Å². The van der Waals surface area contributed by atoms with Gasteiger partial charge in [0.25, 0.3) is 0 Å². The van der Waals surface area contributed by atoms with Crippen molar-refractivity contribution in [3.8, 4) is 0 Å². The summed E-state index contributed by atoms with van der Waals surface area (Å²) in [6, 6.07) is 16.7. The summed E-state index contributed by atoms with van der Waals surface area (Å²) in [5, 5.41) is 0. The Balaban J connectivity index is 2.44. The van der Waals surface area contributed by atoms with Crippen molar-refractivity contribution in [2.24, 2.45) is 0 Å². The Morgan fingerprint density at radius 1 is 1.06 bits per heavy atom. The highest BCUT2D eigenvalue weighted by atomic mass is 79.9. The second-order valence-electron chi connectivity index (χ2n) is 4.10. The van der Waals surface area contributed by atoms with E-state index >= 15 is 0 Å². The summed E-state index contributed by atoms with van der Waals surface area (Å²) in [5.41, 5.74) is 3.59. The number of para-hydroxylation sites is 1. The van der Waals surface area contributed by atoms with Crippen molar-refractivity contribution in [2.75, 3.05) is 11.9 Å². The molecule has 0 heterocycles. The zero-order chi connectivity index (χ0) is 13.0. The molecule has 1 nitrogen and oxygen atoms in total. The van der Waals surface area contributed by atoms with Gasteiger partial charge in [-0.2, -0.15) is 0 Å². The van der Waals surface area contributed by atoms with E-state index in [2.05, 4.69) is 82.5 Å². The molecule has 0 saturated carbocycles. The second-order valence-corrected chi connectivity index (χ2v) is 5.01. The lowest BCUT2D eigenvalue weighted by Crippen LogP contribution is -2.10. The normalized spacial score (nSPS) is 10.8. The smallest absolute Gasteiger partial charge is 0.0482 e. The third-order valence-corrected chi connectivity index (χ3v) is 3.33. The van der Waals surface area contributed by atoms with E-state index < -0.39 is 0 Å². The van der Waals surface area contributed by atoms with Crippen LogP contribution in [0.1, 0.15) is 12.5 Å². The Morgan fingerprint density at radius 3 is 2.44 bits per heavy atom. The molecular weight excluding hydrogens is 286 g/mol. The number of benzene rings is 2. The molecule has 2 heteroatoms. The highest BCUT2D eigenvalue weighted by Gasteiger charge is 2.07. The monoisotopic (exact) mass is 301 g/mol. The molecule has 0 aromatic heterocycles. The number of hydrogen-bond donors (Lipinski definition) is 0. The zero-order valence-corrected chi connectivity index (χ0v) is 12.2. The topological polar surface area (TPSA) is 3.24 Å². The number of anilines is 2. The fourth-order valence-electron chi connectivity index (χ4n) is 1.93. The lowest BCUT2D eigenvalue weighted by atomic mass is 10.1. The molecule has 0 spiro atoms. The first kappa shape index (κ1) is 12.9. The van der Waals surface area contributed by atoms with Crippen LogP contribution in [0.2, 0.25) is 0 Å². The molecule has 0 N–H and O–H groups in total. The molecule has 0 unspecified atom stereocenters. The van der Waals surface area contributed by atoms with Crippen molar-refractivity contribution >= 4 is 33.4 Å². The van der Waals surface area contributed by atoms with E-state index in [4.69, 9.17) is 0 Å². The lowest BCUT2D eigenvalue weighted by Gasteiger charge is -2.22. The van der Waals surface area contributed by atoms with E-state index in [1.165, 1.54) is 16.9 Å². The molecule has 0 aliphatic heterocycles. The highest BCUT2D eigenvalue weighted by molar-refractivity contribution is 9.10. The minimum atomic E-state index is 1.10. The molecule has 0 aliphatic rings. The van der Waals surface area contributed by atoms with Crippen LogP contribution < -0.4 is 4.90 Å². The fraction of sp³-hybridized carbons (Fsp3) is 0.125. The molecule has 2 aromatic carbocycles. The predicted molar refractivity (Wildman–Crippen MR) is 83.4 cm³/mol. The number of allylic oxidation sites excluding steroid dienone is 1. The van der Waals surface area contributed by atoms with Gasteiger partial charge in [-0.05, 0) is 42.8 Å². The molecule has 18 heavy (non-hydrogen) atoms. The summed E-state index contributed by atoms with van der Waals surface area (Å²) in [6.07, 6.45) is 4.18. The first-order valence-corrected chi connectivity index (χ1v) is 6.72. The van der Waals surface area contributed by atoms with Crippen molar-refractivity contribution in [3.05, 3.63) is 64.6 Å². The highest BCUT2D eigenvalue weighted by Crippen LogP contribution is 2.30. The van der Waals surface area contributed by atoms with E-state index in [0.29, 0.717) is 0 Å². The van der Waals surface area contributed by atoms with Gasteiger partial charge in [-0.3, -0.25) is 0 Å². The Hall–Kier alpha value is -1.54. The average Bonchev–Trinajstić information content (AvgIpc) is 2.40. The van der Waals surface area contributed by atoms with E-state index in [-0.39, 0.29) is 0 Å². The summed E-state index contributed by atoms with van der Waals surface area (Å²) in [6.45, 7) is 2.03. The maximum Gasteiger partial charge on any atom is 0.0482 e. The van der Waals surface area contributed by atoms with Gasteiger partial charge in [0.05, 0.1) is 0 Å². The van der Waals surface area contributed by atoms with Crippen LogP contribution in [0.25, 0.3) is 6.08 Å². The van der Waals surface area contributed by atoms with Gasteiger partial charge < -0.3 is 4.90 Å². The molecule has 2 aromatic rings. The van der Waals surface area contributed by atoms with Gasteiger partial charge in [-0.1, -0.05) is 46.3 Å². The third kappa shape index (κ3) is 2.82. The zero-order valence-electron chi connectivity index (χ0n) is 10.6. The van der Waals surface area contributed by atoms with Gasteiger partial charge in [-0.25, -0.2) is 0 Å². The molecular formula is C16H16BrN. The Bertz CT molecular complexity index is 546. The summed E-state index contributed by atoms with van der Waals surface area (Å²) in [4.78, 5) is 2.20. The standard InChI is InChI=1S/C16H16BrN/c1-3-7-13-12-14(17)10-11-16(13)18(2)15-8-5-4-6-9-15/h3-12H,1-2H3/b7-3+. The van der Waals surface area contributed by atoms with Gasteiger partial charge >= 0.3 is 0 Å². The van der Waals surface area contributed by atoms with Gasteiger partial charge in [0, 0.05) is 22.9 Å².